The van der Waals surface area contributed by atoms with Crippen LogP contribution < -0.4 is 10.6 Å². The van der Waals surface area contributed by atoms with E-state index in [1.165, 1.54) is 11.1 Å². The second-order valence-corrected chi connectivity index (χ2v) is 6.38. The molecular formula is C19H25N3O. The van der Waals surface area contributed by atoms with Gasteiger partial charge in [-0.1, -0.05) is 44.2 Å². The molecule has 2 amide bonds. The highest BCUT2D eigenvalue weighted by Gasteiger charge is 2.22. The first-order chi connectivity index (χ1) is 11.0. The van der Waals surface area contributed by atoms with E-state index < -0.39 is 0 Å². The van der Waals surface area contributed by atoms with Crippen LogP contribution in [-0.4, -0.2) is 24.1 Å². The first-order valence-corrected chi connectivity index (χ1v) is 7.97. The van der Waals surface area contributed by atoms with Crippen molar-refractivity contribution in [2.75, 3.05) is 13.1 Å². The fraction of sp³-hybridized carbons (Fsp3) is 0.368. The largest absolute Gasteiger partial charge is 0.338 e. The molecule has 0 spiro atoms. The number of nitrogens with zero attached hydrogens (tertiary/aromatic N) is 1. The molecule has 122 valence electrons. The number of benzene rings is 1. The maximum absolute atomic E-state index is 12.0. The van der Waals surface area contributed by atoms with Gasteiger partial charge in [-0.2, -0.15) is 0 Å². The molecule has 1 heterocycles. The number of nitrogens with one attached hydrogen (secondary N) is 2. The highest BCUT2D eigenvalue weighted by molar-refractivity contribution is 5.74. The Hall–Kier alpha value is -2.36. The van der Waals surface area contributed by atoms with Crippen LogP contribution in [0.1, 0.15) is 30.7 Å². The van der Waals surface area contributed by atoms with Gasteiger partial charge >= 0.3 is 6.03 Å². The standard InChI is InChI=1S/C19H25N3O/c1-15-8-4-5-10-17(15)19(2,3)14-22-18(23)21-13-11-16-9-6-7-12-20-16/h4-10,12H,11,13-14H2,1-3H3,(H2,21,22,23). The lowest BCUT2D eigenvalue weighted by Crippen LogP contribution is -2.43. The molecule has 4 nitrogen and oxygen atoms in total. The van der Waals surface area contributed by atoms with E-state index in [0.29, 0.717) is 13.1 Å². The van der Waals surface area contributed by atoms with E-state index in [-0.39, 0.29) is 11.4 Å². The summed E-state index contributed by atoms with van der Waals surface area (Å²) in [6.45, 7) is 7.55. The summed E-state index contributed by atoms with van der Waals surface area (Å²) in [5.74, 6) is 0. The summed E-state index contributed by atoms with van der Waals surface area (Å²) in [7, 11) is 0. The van der Waals surface area contributed by atoms with E-state index in [2.05, 4.69) is 48.5 Å². The molecule has 23 heavy (non-hydrogen) atoms. The van der Waals surface area contributed by atoms with Crippen LogP contribution >= 0.6 is 0 Å². The van der Waals surface area contributed by atoms with E-state index in [0.717, 1.165) is 12.1 Å². The quantitative estimate of drug-likeness (QED) is 0.860. The fourth-order valence-corrected chi connectivity index (χ4v) is 2.64. The first-order valence-electron chi connectivity index (χ1n) is 7.97. The Morgan fingerprint density at radius 2 is 1.83 bits per heavy atom. The van der Waals surface area contributed by atoms with Gasteiger partial charge in [0.25, 0.3) is 0 Å². The van der Waals surface area contributed by atoms with E-state index in [1.54, 1.807) is 6.20 Å². The van der Waals surface area contributed by atoms with Crippen LogP contribution in [0.5, 0.6) is 0 Å². The van der Waals surface area contributed by atoms with Crippen LogP contribution in [0, 0.1) is 6.92 Å². The van der Waals surface area contributed by atoms with Crippen LogP contribution in [-0.2, 0) is 11.8 Å². The summed E-state index contributed by atoms with van der Waals surface area (Å²) < 4.78 is 0. The number of carbonyl (C=O) groups is 1. The third kappa shape index (κ3) is 5.09. The van der Waals surface area contributed by atoms with Crippen molar-refractivity contribution >= 4 is 6.03 Å². The Kier molecular flexibility index (Phi) is 5.74. The van der Waals surface area contributed by atoms with E-state index in [9.17, 15) is 4.79 Å². The van der Waals surface area contributed by atoms with Crippen molar-refractivity contribution in [3.05, 3.63) is 65.5 Å². The van der Waals surface area contributed by atoms with Gasteiger partial charge in [0.05, 0.1) is 0 Å². The number of aromatic nitrogens is 1. The summed E-state index contributed by atoms with van der Waals surface area (Å²) in [5, 5.41) is 5.84. The molecule has 4 heteroatoms. The third-order valence-corrected chi connectivity index (χ3v) is 3.96. The van der Waals surface area contributed by atoms with Gasteiger partial charge in [-0.15, -0.1) is 0 Å². The number of carbonyl (C=O) groups excluding carboxylic acids is 1. The molecule has 0 saturated carbocycles. The Bertz CT molecular complexity index is 638. The highest BCUT2D eigenvalue weighted by atomic mass is 16.2. The van der Waals surface area contributed by atoms with Gasteiger partial charge in [-0.25, -0.2) is 4.79 Å². The third-order valence-electron chi connectivity index (χ3n) is 3.96. The summed E-state index contributed by atoms with van der Waals surface area (Å²) in [6.07, 6.45) is 2.50. The van der Waals surface area contributed by atoms with Gasteiger partial charge in [0.1, 0.15) is 0 Å². The summed E-state index contributed by atoms with van der Waals surface area (Å²) in [5.41, 5.74) is 3.38. The van der Waals surface area contributed by atoms with Crippen LogP contribution in [0.25, 0.3) is 0 Å². The SMILES string of the molecule is Cc1ccccc1C(C)(C)CNC(=O)NCCc1ccccn1. The molecule has 0 radical (unpaired) electrons. The van der Waals surface area contributed by atoms with Gasteiger partial charge in [0, 0.05) is 36.8 Å². The Morgan fingerprint density at radius 3 is 2.52 bits per heavy atom. The molecule has 0 aliphatic carbocycles. The predicted octanol–water partition coefficient (Wildman–Crippen LogP) is 3.21. The first kappa shape index (κ1) is 17.0. The van der Waals surface area contributed by atoms with Crippen molar-refractivity contribution in [2.45, 2.75) is 32.6 Å². The molecule has 2 N–H and O–H groups in total. The minimum atomic E-state index is -0.136. The highest BCUT2D eigenvalue weighted by Crippen LogP contribution is 2.25. The Morgan fingerprint density at radius 1 is 1.09 bits per heavy atom. The van der Waals surface area contributed by atoms with Gasteiger partial charge < -0.3 is 10.6 Å². The van der Waals surface area contributed by atoms with Crippen molar-refractivity contribution in [3.63, 3.8) is 0 Å². The molecular weight excluding hydrogens is 286 g/mol. The monoisotopic (exact) mass is 311 g/mol. The molecule has 0 unspecified atom stereocenters. The number of amides is 2. The number of urea groups is 1. The lowest BCUT2D eigenvalue weighted by Gasteiger charge is -2.27. The van der Waals surface area contributed by atoms with Crippen molar-refractivity contribution < 1.29 is 4.79 Å². The number of hydrogen-bond acceptors (Lipinski definition) is 2. The molecule has 1 aromatic carbocycles. The molecule has 2 aromatic rings. The molecule has 0 atom stereocenters. The Balaban J connectivity index is 1.78. The summed E-state index contributed by atoms with van der Waals surface area (Å²) >= 11 is 0. The number of aryl methyl sites for hydroxylation is 1. The van der Waals surface area contributed by atoms with Gasteiger partial charge in [-0.05, 0) is 30.2 Å². The molecule has 1 aromatic heterocycles. The fourth-order valence-electron chi connectivity index (χ4n) is 2.64. The maximum atomic E-state index is 12.0. The zero-order valence-corrected chi connectivity index (χ0v) is 14.1. The summed E-state index contributed by atoms with van der Waals surface area (Å²) in [4.78, 5) is 16.2. The molecule has 0 aliphatic heterocycles. The van der Waals surface area contributed by atoms with Crippen molar-refractivity contribution in [1.29, 1.82) is 0 Å². The topological polar surface area (TPSA) is 54.0 Å². The molecule has 0 aliphatic rings. The second kappa shape index (κ2) is 7.77. The van der Waals surface area contributed by atoms with Gasteiger partial charge in [-0.3, -0.25) is 4.98 Å². The average molecular weight is 311 g/mol. The number of rotatable bonds is 6. The Labute approximate surface area is 138 Å². The van der Waals surface area contributed by atoms with Crippen LogP contribution in [0.2, 0.25) is 0 Å². The second-order valence-electron chi connectivity index (χ2n) is 6.38. The molecule has 0 fully saturated rings. The average Bonchev–Trinajstić information content (AvgIpc) is 2.54. The van der Waals surface area contributed by atoms with E-state index >= 15 is 0 Å². The zero-order chi connectivity index (χ0) is 16.7. The van der Waals surface area contributed by atoms with Crippen LogP contribution in [0.4, 0.5) is 4.79 Å². The van der Waals surface area contributed by atoms with Crippen molar-refractivity contribution in [2.24, 2.45) is 0 Å². The van der Waals surface area contributed by atoms with Gasteiger partial charge in [0.2, 0.25) is 0 Å². The van der Waals surface area contributed by atoms with E-state index in [1.807, 2.05) is 30.3 Å². The van der Waals surface area contributed by atoms with Gasteiger partial charge in [0.15, 0.2) is 0 Å². The number of hydrogen-bond donors (Lipinski definition) is 2. The normalized spacial score (nSPS) is 11.1. The minimum absolute atomic E-state index is 0.107. The lowest BCUT2D eigenvalue weighted by molar-refractivity contribution is 0.238. The maximum Gasteiger partial charge on any atom is 0.314 e. The van der Waals surface area contributed by atoms with Crippen molar-refractivity contribution in [3.8, 4) is 0 Å². The van der Waals surface area contributed by atoms with Crippen molar-refractivity contribution in [1.82, 2.24) is 15.6 Å². The minimum Gasteiger partial charge on any atom is -0.338 e. The summed E-state index contributed by atoms with van der Waals surface area (Å²) in [6, 6.07) is 14.0. The van der Waals surface area contributed by atoms with Crippen LogP contribution in [0.15, 0.2) is 48.7 Å². The number of pyridine rings is 1. The van der Waals surface area contributed by atoms with Crippen LogP contribution in [0.3, 0.4) is 0 Å². The zero-order valence-electron chi connectivity index (χ0n) is 14.1. The van der Waals surface area contributed by atoms with E-state index in [4.69, 9.17) is 0 Å². The molecule has 2 rings (SSSR count). The molecule has 0 bridgehead atoms. The smallest absolute Gasteiger partial charge is 0.314 e. The molecule has 0 saturated heterocycles. The predicted molar refractivity (Wildman–Crippen MR) is 93.5 cm³/mol. The lowest BCUT2D eigenvalue weighted by atomic mass is 9.82.